The fourth-order valence-corrected chi connectivity index (χ4v) is 1.94. The molecule has 0 aromatic heterocycles. The second-order valence-corrected chi connectivity index (χ2v) is 4.61. The van der Waals surface area contributed by atoms with E-state index >= 15 is 0 Å². The van der Waals surface area contributed by atoms with E-state index in [1.165, 1.54) is 11.3 Å². The maximum atomic E-state index is 5.92. The van der Waals surface area contributed by atoms with Crippen LogP contribution in [-0.4, -0.2) is 14.1 Å². The number of hydrogen-bond acceptors (Lipinski definition) is 3. The van der Waals surface area contributed by atoms with Crippen molar-refractivity contribution in [3.8, 4) is 0 Å². The predicted octanol–water partition coefficient (Wildman–Crippen LogP) is 3.39. The van der Waals surface area contributed by atoms with Gasteiger partial charge < -0.3 is 16.0 Å². The molecule has 3 nitrogen and oxygen atoms in total. The summed E-state index contributed by atoms with van der Waals surface area (Å²) < 4.78 is 0. The fraction of sp³-hybridized carbons (Fsp3) is 0.200. The van der Waals surface area contributed by atoms with Gasteiger partial charge in [-0.2, -0.15) is 0 Å². The molecule has 0 atom stereocenters. The van der Waals surface area contributed by atoms with Crippen LogP contribution in [0.25, 0.3) is 0 Å². The van der Waals surface area contributed by atoms with E-state index in [0.717, 1.165) is 17.1 Å². The number of hydrogen-bond donors (Lipinski definition) is 2. The van der Waals surface area contributed by atoms with Gasteiger partial charge in [-0.05, 0) is 36.8 Å². The zero-order valence-electron chi connectivity index (χ0n) is 11.1. The first kappa shape index (κ1) is 12.3. The molecule has 0 unspecified atom stereocenters. The average Bonchev–Trinajstić information content (AvgIpc) is 2.34. The molecule has 0 aliphatic carbocycles. The van der Waals surface area contributed by atoms with Crippen molar-refractivity contribution in [1.82, 2.24) is 0 Å². The lowest BCUT2D eigenvalue weighted by atomic mass is 10.1. The molecule has 2 rings (SSSR count). The van der Waals surface area contributed by atoms with E-state index in [0.29, 0.717) is 0 Å². The van der Waals surface area contributed by atoms with Gasteiger partial charge in [0.15, 0.2) is 0 Å². The molecular formula is C15H19N3. The van der Waals surface area contributed by atoms with Gasteiger partial charge in [0.2, 0.25) is 0 Å². The molecule has 3 heteroatoms. The highest BCUT2D eigenvalue weighted by atomic mass is 15.1. The second kappa shape index (κ2) is 5.00. The van der Waals surface area contributed by atoms with E-state index in [4.69, 9.17) is 5.73 Å². The number of para-hydroxylation sites is 2. The highest BCUT2D eigenvalue weighted by molar-refractivity contribution is 5.74. The van der Waals surface area contributed by atoms with Crippen LogP contribution in [-0.2, 0) is 0 Å². The number of benzene rings is 2. The van der Waals surface area contributed by atoms with Crippen LogP contribution in [0.2, 0.25) is 0 Å². The van der Waals surface area contributed by atoms with Crippen LogP contribution < -0.4 is 16.0 Å². The van der Waals surface area contributed by atoms with Gasteiger partial charge >= 0.3 is 0 Å². The molecule has 0 aliphatic heterocycles. The minimum absolute atomic E-state index is 0.754. The van der Waals surface area contributed by atoms with E-state index in [1.54, 1.807) is 0 Å². The summed E-state index contributed by atoms with van der Waals surface area (Å²) in [5, 5.41) is 3.34. The predicted molar refractivity (Wildman–Crippen MR) is 79.6 cm³/mol. The fourth-order valence-electron chi connectivity index (χ4n) is 1.94. The molecule has 0 saturated heterocycles. The SMILES string of the molecule is Cc1ccc(Nc2ccccc2N)cc1N(C)C. The smallest absolute Gasteiger partial charge is 0.0617 e. The lowest BCUT2D eigenvalue weighted by molar-refractivity contribution is 1.11. The molecule has 0 spiro atoms. The van der Waals surface area contributed by atoms with Crippen molar-refractivity contribution in [3.05, 3.63) is 48.0 Å². The molecular weight excluding hydrogens is 222 g/mol. The first-order chi connectivity index (χ1) is 8.58. The molecule has 0 bridgehead atoms. The normalized spacial score (nSPS) is 10.2. The van der Waals surface area contributed by atoms with Gasteiger partial charge in [0, 0.05) is 25.5 Å². The molecule has 0 aliphatic rings. The third-order valence-corrected chi connectivity index (χ3v) is 2.93. The van der Waals surface area contributed by atoms with Gasteiger partial charge in [-0.1, -0.05) is 18.2 Å². The summed E-state index contributed by atoms with van der Waals surface area (Å²) in [5.74, 6) is 0. The van der Waals surface area contributed by atoms with Crippen molar-refractivity contribution < 1.29 is 0 Å². The molecule has 3 N–H and O–H groups in total. The number of nitrogens with two attached hydrogens (primary N) is 1. The van der Waals surface area contributed by atoms with Crippen LogP contribution in [0.5, 0.6) is 0 Å². The van der Waals surface area contributed by atoms with Gasteiger partial charge in [0.1, 0.15) is 0 Å². The number of nitrogens with one attached hydrogen (secondary N) is 1. The summed E-state index contributed by atoms with van der Waals surface area (Å²) in [5.41, 5.74) is 11.1. The van der Waals surface area contributed by atoms with Crippen molar-refractivity contribution in [2.45, 2.75) is 6.92 Å². The first-order valence-corrected chi connectivity index (χ1v) is 5.97. The summed E-state index contributed by atoms with van der Waals surface area (Å²) in [6, 6.07) is 14.1. The quantitative estimate of drug-likeness (QED) is 0.809. The van der Waals surface area contributed by atoms with Gasteiger partial charge in [0.25, 0.3) is 0 Å². The van der Waals surface area contributed by atoms with Crippen molar-refractivity contribution in [2.75, 3.05) is 30.0 Å². The topological polar surface area (TPSA) is 41.3 Å². The maximum absolute atomic E-state index is 5.92. The highest BCUT2D eigenvalue weighted by Crippen LogP contribution is 2.27. The van der Waals surface area contributed by atoms with Crippen LogP contribution in [0.1, 0.15) is 5.56 Å². The van der Waals surface area contributed by atoms with Crippen LogP contribution in [0.15, 0.2) is 42.5 Å². The molecule has 18 heavy (non-hydrogen) atoms. The Morgan fingerprint density at radius 2 is 1.78 bits per heavy atom. The van der Waals surface area contributed by atoms with Gasteiger partial charge in [-0.25, -0.2) is 0 Å². The van der Waals surface area contributed by atoms with Gasteiger partial charge in [-0.3, -0.25) is 0 Å². The van der Waals surface area contributed by atoms with E-state index in [2.05, 4.69) is 35.3 Å². The Kier molecular flexibility index (Phi) is 3.42. The van der Waals surface area contributed by atoms with Crippen molar-refractivity contribution in [1.29, 1.82) is 0 Å². The number of rotatable bonds is 3. The van der Waals surface area contributed by atoms with Crippen LogP contribution in [0.3, 0.4) is 0 Å². The lowest BCUT2D eigenvalue weighted by Crippen LogP contribution is -2.10. The number of nitrogen functional groups attached to an aromatic ring is 1. The summed E-state index contributed by atoms with van der Waals surface area (Å²) in [4.78, 5) is 2.11. The largest absolute Gasteiger partial charge is 0.397 e. The standard InChI is InChI=1S/C15H19N3/c1-11-8-9-12(10-15(11)18(2)3)17-14-7-5-4-6-13(14)16/h4-10,17H,16H2,1-3H3. The Morgan fingerprint density at radius 3 is 2.44 bits per heavy atom. The Bertz CT molecular complexity index is 547. The summed E-state index contributed by atoms with van der Waals surface area (Å²) >= 11 is 0. The summed E-state index contributed by atoms with van der Waals surface area (Å²) in [6.07, 6.45) is 0. The summed E-state index contributed by atoms with van der Waals surface area (Å²) in [7, 11) is 4.09. The van der Waals surface area contributed by atoms with Crippen LogP contribution >= 0.6 is 0 Å². The molecule has 2 aromatic rings. The van der Waals surface area contributed by atoms with Crippen LogP contribution in [0.4, 0.5) is 22.7 Å². The maximum Gasteiger partial charge on any atom is 0.0617 e. The monoisotopic (exact) mass is 241 g/mol. The minimum atomic E-state index is 0.754. The lowest BCUT2D eigenvalue weighted by Gasteiger charge is -2.18. The van der Waals surface area contributed by atoms with Crippen molar-refractivity contribution >= 4 is 22.7 Å². The van der Waals surface area contributed by atoms with Gasteiger partial charge in [0.05, 0.1) is 11.4 Å². The second-order valence-electron chi connectivity index (χ2n) is 4.61. The van der Waals surface area contributed by atoms with Crippen LogP contribution in [0, 0.1) is 6.92 Å². The Morgan fingerprint density at radius 1 is 1.06 bits per heavy atom. The Hall–Kier alpha value is -2.16. The third-order valence-electron chi connectivity index (χ3n) is 2.93. The van der Waals surface area contributed by atoms with E-state index < -0.39 is 0 Å². The molecule has 94 valence electrons. The zero-order valence-corrected chi connectivity index (χ0v) is 11.1. The zero-order chi connectivity index (χ0) is 13.1. The minimum Gasteiger partial charge on any atom is -0.397 e. The molecule has 0 heterocycles. The number of nitrogens with zero attached hydrogens (tertiary/aromatic N) is 1. The molecule has 2 aromatic carbocycles. The molecule has 0 amide bonds. The highest BCUT2D eigenvalue weighted by Gasteiger charge is 2.03. The number of aryl methyl sites for hydroxylation is 1. The molecule has 0 radical (unpaired) electrons. The Balaban J connectivity index is 2.30. The average molecular weight is 241 g/mol. The van der Waals surface area contributed by atoms with Crippen molar-refractivity contribution in [3.63, 3.8) is 0 Å². The van der Waals surface area contributed by atoms with Crippen molar-refractivity contribution in [2.24, 2.45) is 0 Å². The van der Waals surface area contributed by atoms with E-state index in [-0.39, 0.29) is 0 Å². The third kappa shape index (κ3) is 2.56. The van der Waals surface area contributed by atoms with Gasteiger partial charge in [-0.15, -0.1) is 0 Å². The number of anilines is 4. The van der Waals surface area contributed by atoms with E-state index in [1.807, 2.05) is 38.4 Å². The van der Waals surface area contributed by atoms with E-state index in [9.17, 15) is 0 Å². The molecule has 0 saturated carbocycles. The molecule has 0 fully saturated rings. The Labute approximate surface area is 108 Å². The summed E-state index contributed by atoms with van der Waals surface area (Å²) in [6.45, 7) is 2.11. The first-order valence-electron chi connectivity index (χ1n) is 5.97.